The second-order valence-electron chi connectivity index (χ2n) is 4.62. The van der Waals surface area contributed by atoms with Gasteiger partial charge in [-0.2, -0.15) is 0 Å². The van der Waals surface area contributed by atoms with Crippen molar-refractivity contribution in [3.05, 3.63) is 32.4 Å². The normalized spacial score (nSPS) is 12.3. The molecule has 0 aliphatic rings. The predicted octanol–water partition coefficient (Wildman–Crippen LogP) is 3.17. The van der Waals surface area contributed by atoms with Gasteiger partial charge < -0.3 is 10.4 Å². The molecule has 4 nitrogen and oxygen atoms in total. The molecule has 6 heteroatoms. The van der Waals surface area contributed by atoms with Gasteiger partial charge in [0.2, 0.25) is 0 Å². The number of carbonyl (C=O) groups is 2. The Balaban J connectivity index is 2.87. The average molecular weight is 396 g/mol. The van der Waals surface area contributed by atoms with Crippen LogP contribution >= 0.6 is 34.2 Å². The van der Waals surface area contributed by atoms with Gasteiger partial charge in [-0.3, -0.25) is 4.79 Å². The predicted molar refractivity (Wildman–Crippen MR) is 82.5 cm³/mol. The number of rotatable bonds is 5. The molecule has 1 atom stereocenters. The second-order valence-corrected chi connectivity index (χ2v) is 6.22. The highest BCUT2D eigenvalue weighted by molar-refractivity contribution is 14.1. The van der Waals surface area contributed by atoms with Gasteiger partial charge in [0.25, 0.3) is 5.91 Å². The zero-order valence-electron chi connectivity index (χ0n) is 10.6. The van der Waals surface area contributed by atoms with E-state index in [1.807, 2.05) is 36.4 Å². The lowest BCUT2D eigenvalue weighted by Crippen LogP contribution is -2.41. The van der Waals surface area contributed by atoms with Crippen LogP contribution < -0.4 is 5.32 Å². The number of amides is 1. The van der Waals surface area contributed by atoms with Gasteiger partial charge in [-0.05, 0) is 53.1 Å². The molecule has 1 aromatic carbocycles. The minimum atomic E-state index is -1.03. The van der Waals surface area contributed by atoms with E-state index >= 15 is 0 Å². The van der Waals surface area contributed by atoms with Crippen LogP contribution in [-0.2, 0) is 4.79 Å². The molecular formula is C13H15ClINO3. The number of aliphatic carboxylic acids is 1. The van der Waals surface area contributed by atoms with Crippen LogP contribution in [-0.4, -0.2) is 23.0 Å². The maximum absolute atomic E-state index is 12.1. The SMILES string of the molecule is CC(C)CC(NC(=O)c1cc(Cl)ccc1I)C(=O)O. The van der Waals surface area contributed by atoms with Crippen LogP contribution in [0.4, 0.5) is 0 Å². The molecule has 1 unspecified atom stereocenters. The fourth-order valence-electron chi connectivity index (χ4n) is 1.60. The van der Waals surface area contributed by atoms with Gasteiger partial charge >= 0.3 is 5.97 Å². The van der Waals surface area contributed by atoms with Crippen LogP contribution in [0.15, 0.2) is 18.2 Å². The molecule has 0 saturated heterocycles. The molecule has 0 aliphatic heterocycles. The van der Waals surface area contributed by atoms with E-state index in [0.717, 1.165) is 3.57 Å². The van der Waals surface area contributed by atoms with Crippen molar-refractivity contribution in [3.63, 3.8) is 0 Å². The van der Waals surface area contributed by atoms with Gasteiger partial charge in [-0.1, -0.05) is 25.4 Å². The number of hydrogen-bond donors (Lipinski definition) is 2. The molecule has 0 saturated carbocycles. The van der Waals surface area contributed by atoms with Gasteiger partial charge in [0, 0.05) is 8.59 Å². The van der Waals surface area contributed by atoms with Gasteiger partial charge in [0.1, 0.15) is 6.04 Å². The quantitative estimate of drug-likeness (QED) is 0.753. The number of carboxylic acid groups (broad SMARTS) is 1. The summed E-state index contributed by atoms with van der Waals surface area (Å²) in [5.74, 6) is -1.26. The van der Waals surface area contributed by atoms with Crippen molar-refractivity contribution < 1.29 is 14.7 Å². The Labute approximate surface area is 130 Å². The molecule has 0 radical (unpaired) electrons. The van der Waals surface area contributed by atoms with Crippen LogP contribution in [0, 0.1) is 9.49 Å². The largest absolute Gasteiger partial charge is 0.480 e. The van der Waals surface area contributed by atoms with E-state index in [4.69, 9.17) is 16.7 Å². The summed E-state index contributed by atoms with van der Waals surface area (Å²) in [6.45, 7) is 3.82. The minimum absolute atomic E-state index is 0.180. The van der Waals surface area contributed by atoms with E-state index in [1.165, 1.54) is 6.07 Å². The van der Waals surface area contributed by atoms with E-state index in [0.29, 0.717) is 17.0 Å². The van der Waals surface area contributed by atoms with Crippen molar-refractivity contribution >= 4 is 46.1 Å². The van der Waals surface area contributed by atoms with E-state index in [1.54, 1.807) is 12.1 Å². The van der Waals surface area contributed by atoms with Gasteiger partial charge in [-0.15, -0.1) is 0 Å². The van der Waals surface area contributed by atoms with Crippen molar-refractivity contribution in [2.45, 2.75) is 26.3 Å². The molecule has 0 spiro atoms. The van der Waals surface area contributed by atoms with Crippen molar-refractivity contribution in [2.75, 3.05) is 0 Å². The van der Waals surface area contributed by atoms with E-state index in [-0.39, 0.29) is 5.92 Å². The Morgan fingerprint density at radius 2 is 2.05 bits per heavy atom. The molecule has 1 amide bonds. The second kappa shape index (κ2) is 7.09. The third-order valence-electron chi connectivity index (χ3n) is 2.48. The molecule has 19 heavy (non-hydrogen) atoms. The number of carbonyl (C=O) groups excluding carboxylic acids is 1. The molecule has 0 aliphatic carbocycles. The molecule has 1 aromatic rings. The first-order valence-corrected chi connectivity index (χ1v) is 7.25. The van der Waals surface area contributed by atoms with Crippen LogP contribution in [0.2, 0.25) is 5.02 Å². The summed E-state index contributed by atoms with van der Waals surface area (Å²) in [5.41, 5.74) is 0.392. The lowest BCUT2D eigenvalue weighted by molar-refractivity contribution is -0.139. The summed E-state index contributed by atoms with van der Waals surface area (Å²) in [6.07, 6.45) is 0.387. The van der Waals surface area contributed by atoms with Gasteiger partial charge in [-0.25, -0.2) is 4.79 Å². The number of carboxylic acids is 1. The Bertz CT molecular complexity index is 491. The Morgan fingerprint density at radius 3 is 2.58 bits per heavy atom. The first-order valence-electron chi connectivity index (χ1n) is 5.80. The lowest BCUT2D eigenvalue weighted by Gasteiger charge is -2.17. The van der Waals surface area contributed by atoms with Crippen molar-refractivity contribution in [3.8, 4) is 0 Å². The van der Waals surface area contributed by atoms with Crippen LogP contribution in [0.25, 0.3) is 0 Å². The van der Waals surface area contributed by atoms with Crippen LogP contribution in [0.3, 0.4) is 0 Å². The fourth-order valence-corrected chi connectivity index (χ4v) is 2.35. The summed E-state index contributed by atoms with van der Waals surface area (Å²) in [4.78, 5) is 23.2. The van der Waals surface area contributed by atoms with Crippen molar-refractivity contribution in [1.29, 1.82) is 0 Å². The monoisotopic (exact) mass is 395 g/mol. The first kappa shape index (κ1) is 16.2. The van der Waals surface area contributed by atoms with E-state index in [2.05, 4.69) is 5.32 Å². The smallest absolute Gasteiger partial charge is 0.326 e. The molecule has 0 fully saturated rings. The Morgan fingerprint density at radius 1 is 1.42 bits per heavy atom. The average Bonchev–Trinajstić information content (AvgIpc) is 2.30. The number of nitrogens with one attached hydrogen (secondary N) is 1. The number of benzene rings is 1. The maximum atomic E-state index is 12.1. The Hall–Kier alpha value is -0.820. The minimum Gasteiger partial charge on any atom is -0.480 e. The Kier molecular flexibility index (Phi) is 6.06. The first-order chi connectivity index (χ1) is 8.81. The van der Waals surface area contributed by atoms with Gasteiger partial charge in [0.15, 0.2) is 0 Å². The van der Waals surface area contributed by atoms with Crippen LogP contribution in [0.1, 0.15) is 30.6 Å². The molecule has 0 heterocycles. The third-order valence-corrected chi connectivity index (χ3v) is 3.66. The molecular weight excluding hydrogens is 381 g/mol. The molecule has 2 N–H and O–H groups in total. The zero-order chi connectivity index (χ0) is 14.6. The molecule has 104 valence electrons. The molecule has 0 aromatic heterocycles. The lowest BCUT2D eigenvalue weighted by atomic mass is 10.0. The molecule has 1 rings (SSSR count). The number of hydrogen-bond acceptors (Lipinski definition) is 2. The van der Waals surface area contributed by atoms with Gasteiger partial charge in [0.05, 0.1) is 5.56 Å². The summed E-state index contributed by atoms with van der Waals surface area (Å²) in [6, 6.07) is 4.05. The molecule has 0 bridgehead atoms. The summed E-state index contributed by atoms with van der Waals surface area (Å²) in [7, 11) is 0. The van der Waals surface area contributed by atoms with E-state index in [9.17, 15) is 9.59 Å². The summed E-state index contributed by atoms with van der Waals surface area (Å²) in [5, 5.41) is 12.1. The maximum Gasteiger partial charge on any atom is 0.326 e. The van der Waals surface area contributed by atoms with E-state index < -0.39 is 17.9 Å². The van der Waals surface area contributed by atoms with Crippen molar-refractivity contribution in [2.24, 2.45) is 5.92 Å². The standard InChI is InChI=1S/C13H15ClINO3/c1-7(2)5-11(13(18)19)16-12(17)9-6-8(14)3-4-10(9)15/h3-4,6-7,11H,5H2,1-2H3,(H,16,17)(H,18,19). The topological polar surface area (TPSA) is 66.4 Å². The summed E-state index contributed by atoms with van der Waals surface area (Å²) >= 11 is 7.86. The zero-order valence-corrected chi connectivity index (χ0v) is 13.5. The number of halogens is 2. The summed E-state index contributed by atoms with van der Waals surface area (Å²) < 4.78 is 0.730. The highest BCUT2D eigenvalue weighted by Gasteiger charge is 2.22. The highest BCUT2D eigenvalue weighted by atomic mass is 127. The third kappa shape index (κ3) is 4.99. The highest BCUT2D eigenvalue weighted by Crippen LogP contribution is 2.18. The van der Waals surface area contributed by atoms with Crippen molar-refractivity contribution in [1.82, 2.24) is 5.32 Å². The fraction of sp³-hybridized carbons (Fsp3) is 0.385. The van der Waals surface area contributed by atoms with Crippen LogP contribution in [0.5, 0.6) is 0 Å².